The van der Waals surface area contributed by atoms with Crippen LogP contribution in [0.4, 0.5) is 22.0 Å². The molecule has 60 heavy (non-hydrogen) atoms. The second kappa shape index (κ2) is 29.8. The molecule has 3 aromatic rings. The first-order valence-corrected chi connectivity index (χ1v) is 19.6. The number of unbranched alkanes of at least 4 members (excludes halogenated alkanes) is 4. The molecule has 0 saturated carbocycles. The van der Waals surface area contributed by atoms with E-state index in [9.17, 15) is 41.1 Å². The maximum atomic E-state index is 13.3. The summed E-state index contributed by atoms with van der Waals surface area (Å²) in [5.74, 6) is -14.2. The molecule has 0 bridgehead atoms. The van der Waals surface area contributed by atoms with Gasteiger partial charge in [-0.25, -0.2) is 18.0 Å². The van der Waals surface area contributed by atoms with Crippen LogP contribution in [0.5, 0.6) is 17.2 Å². The largest absolute Gasteiger partial charge is 0.484 e. The standard InChI is InChI=1S/C18H28N2O4.C15H9F5O4.C9H20N2O/c1-3-5-6-7-16(18(23)19-4-2)20-17(22)13-24-15-10-8-14(12-21)9-11-15;16-10-11(17)13(19)15(14(20)12(10)18)24-9(22)6-23-8-3-1-7(5-21)2-4-8;1-3-5-6-7-8(10)9(12)11-4-2/h8-11,16,21H,3-7,12-13H2,1-2H3,(H,19,23)(H,20,22);1-4,21H,5-6H2;8H,3-7,10H2,1-2H3,(H,11,12). The molecule has 0 heterocycles. The Labute approximate surface area is 347 Å². The fraction of sp³-hybridized carbons (Fsp3) is 0.476. The normalized spacial score (nSPS) is 11.4. The topological polar surface area (TPSA) is 199 Å². The molecule has 2 unspecified atom stereocenters. The fourth-order valence-corrected chi connectivity index (χ4v) is 4.94. The summed E-state index contributed by atoms with van der Waals surface area (Å²) in [5, 5.41) is 26.0. The molecule has 3 aromatic carbocycles. The molecule has 7 N–H and O–H groups in total. The van der Waals surface area contributed by atoms with E-state index in [1.54, 1.807) is 24.3 Å². The summed E-state index contributed by atoms with van der Waals surface area (Å²) in [6, 6.07) is 11.8. The van der Waals surface area contributed by atoms with Gasteiger partial charge in [0.1, 0.15) is 17.5 Å². The summed E-state index contributed by atoms with van der Waals surface area (Å²) >= 11 is 0. The number of aliphatic hydroxyl groups is 2. The van der Waals surface area contributed by atoms with Gasteiger partial charge in [-0.3, -0.25) is 14.4 Å². The Morgan fingerprint density at radius 1 is 0.617 bits per heavy atom. The van der Waals surface area contributed by atoms with Crippen molar-refractivity contribution in [2.75, 3.05) is 26.3 Å². The van der Waals surface area contributed by atoms with Gasteiger partial charge in [0, 0.05) is 13.1 Å². The Morgan fingerprint density at radius 2 is 1.05 bits per heavy atom. The van der Waals surface area contributed by atoms with Gasteiger partial charge in [-0.15, -0.1) is 0 Å². The first kappa shape index (κ1) is 52.7. The van der Waals surface area contributed by atoms with Crippen molar-refractivity contribution in [3.8, 4) is 17.2 Å². The number of benzene rings is 3. The molecule has 0 saturated heterocycles. The Hall–Kier alpha value is -5.33. The summed E-state index contributed by atoms with van der Waals surface area (Å²) < 4.78 is 80.0. The van der Waals surface area contributed by atoms with E-state index in [0.717, 1.165) is 44.1 Å². The zero-order valence-electron chi connectivity index (χ0n) is 34.4. The third-order valence-electron chi connectivity index (χ3n) is 8.23. The van der Waals surface area contributed by atoms with Gasteiger partial charge in [-0.2, -0.15) is 8.78 Å². The highest BCUT2D eigenvalue weighted by Gasteiger charge is 2.28. The predicted octanol–water partition coefficient (Wildman–Crippen LogP) is 5.65. The van der Waals surface area contributed by atoms with Crippen LogP contribution in [0.15, 0.2) is 48.5 Å². The highest BCUT2D eigenvalue weighted by atomic mass is 19.2. The third kappa shape index (κ3) is 19.6. The van der Waals surface area contributed by atoms with E-state index < -0.39 is 53.5 Å². The number of hydrogen-bond acceptors (Lipinski definition) is 10. The van der Waals surface area contributed by atoms with Crippen molar-refractivity contribution in [1.29, 1.82) is 0 Å². The maximum Gasteiger partial charge on any atom is 0.349 e. The number of amides is 3. The Bertz CT molecular complexity index is 1720. The zero-order chi connectivity index (χ0) is 45.0. The van der Waals surface area contributed by atoms with Crippen LogP contribution >= 0.6 is 0 Å². The van der Waals surface area contributed by atoms with Gasteiger partial charge in [0.15, 0.2) is 13.2 Å². The molecule has 3 rings (SSSR count). The van der Waals surface area contributed by atoms with Crippen LogP contribution in [-0.4, -0.2) is 72.3 Å². The van der Waals surface area contributed by atoms with Crippen LogP contribution in [0, 0.1) is 29.1 Å². The number of nitrogens with two attached hydrogens (primary N) is 1. The van der Waals surface area contributed by atoms with Crippen molar-refractivity contribution >= 4 is 23.7 Å². The van der Waals surface area contributed by atoms with E-state index in [1.807, 2.05) is 13.8 Å². The SMILES string of the molecule is CCCCCC(N)C(=O)NCC.CCCCCC(NC(=O)COc1ccc(CO)cc1)C(=O)NCC.O=C(COc1ccc(CO)cc1)Oc1c(F)c(F)c(F)c(F)c1F. The van der Waals surface area contributed by atoms with Crippen molar-refractivity contribution in [3.05, 3.63) is 88.7 Å². The highest BCUT2D eigenvalue weighted by Crippen LogP contribution is 2.29. The molecule has 18 heteroatoms. The lowest BCUT2D eigenvalue weighted by molar-refractivity contribution is -0.137. The number of ether oxygens (including phenoxy) is 3. The summed E-state index contributed by atoms with van der Waals surface area (Å²) in [6.07, 6.45) is 7.78. The number of likely N-dealkylation sites (N-methyl/N-ethyl adjacent to an activating group) is 2. The second-order valence-electron chi connectivity index (χ2n) is 13.1. The first-order chi connectivity index (χ1) is 28.7. The molecule has 2 atom stereocenters. The number of hydrogen-bond donors (Lipinski definition) is 6. The van der Waals surface area contributed by atoms with Gasteiger partial charge in [-0.05, 0) is 62.1 Å². The second-order valence-corrected chi connectivity index (χ2v) is 13.1. The summed E-state index contributed by atoms with van der Waals surface area (Å²) in [6.45, 7) is 7.95. The Balaban J connectivity index is 0.000000477. The van der Waals surface area contributed by atoms with Crippen LogP contribution in [0.25, 0.3) is 0 Å². The number of aliphatic hydroxyl groups excluding tert-OH is 2. The van der Waals surface area contributed by atoms with Gasteiger partial charge in [0.05, 0.1) is 19.3 Å². The van der Waals surface area contributed by atoms with Crippen molar-refractivity contribution in [1.82, 2.24) is 16.0 Å². The van der Waals surface area contributed by atoms with Crippen LogP contribution in [0.1, 0.15) is 90.2 Å². The zero-order valence-corrected chi connectivity index (χ0v) is 34.4. The Kier molecular flexibility index (Phi) is 26.2. The molecule has 0 fully saturated rings. The van der Waals surface area contributed by atoms with Crippen molar-refractivity contribution in [2.24, 2.45) is 5.73 Å². The minimum atomic E-state index is -2.36. The quantitative estimate of drug-likeness (QED) is 0.0184. The van der Waals surface area contributed by atoms with Gasteiger partial charge in [0.2, 0.25) is 46.6 Å². The predicted molar refractivity (Wildman–Crippen MR) is 213 cm³/mol. The summed E-state index contributed by atoms with van der Waals surface area (Å²) in [4.78, 5) is 46.6. The lowest BCUT2D eigenvalue weighted by Crippen LogP contribution is -2.48. The summed E-state index contributed by atoms with van der Waals surface area (Å²) in [7, 11) is 0. The molecule has 0 aromatic heterocycles. The number of halogens is 5. The monoisotopic (exact) mass is 856 g/mol. The van der Waals surface area contributed by atoms with Crippen molar-refractivity contribution in [3.63, 3.8) is 0 Å². The van der Waals surface area contributed by atoms with E-state index in [0.29, 0.717) is 30.8 Å². The van der Waals surface area contributed by atoms with Gasteiger partial charge in [-0.1, -0.05) is 76.6 Å². The van der Waals surface area contributed by atoms with Crippen LogP contribution in [0.3, 0.4) is 0 Å². The van der Waals surface area contributed by atoms with E-state index in [2.05, 4.69) is 34.5 Å². The number of rotatable bonds is 22. The van der Waals surface area contributed by atoms with E-state index >= 15 is 0 Å². The lowest BCUT2D eigenvalue weighted by atomic mass is 10.1. The molecule has 0 aliphatic heterocycles. The molecular formula is C42H57F5N4O9. The van der Waals surface area contributed by atoms with Crippen LogP contribution < -0.4 is 35.9 Å². The molecule has 13 nitrogen and oxygen atoms in total. The summed E-state index contributed by atoms with van der Waals surface area (Å²) in [5.41, 5.74) is 6.98. The van der Waals surface area contributed by atoms with Crippen LogP contribution in [0.2, 0.25) is 0 Å². The van der Waals surface area contributed by atoms with E-state index in [-0.39, 0.29) is 49.3 Å². The van der Waals surface area contributed by atoms with E-state index in [1.165, 1.54) is 30.7 Å². The molecular weight excluding hydrogens is 799 g/mol. The van der Waals surface area contributed by atoms with Gasteiger partial charge < -0.3 is 46.1 Å². The number of nitrogens with one attached hydrogen (secondary N) is 3. The molecule has 0 spiro atoms. The van der Waals surface area contributed by atoms with E-state index in [4.69, 9.17) is 25.4 Å². The minimum Gasteiger partial charge on any atom is -0.484 e. The van der Waals surface area contributed by atoms with Gasteiger partial charge >= 0.3 is 5.97 Å². The highest BCUT2D eigenvalue weighted by molar-refractivity contribution is 5.88. The average molecular weight is 857 g/mol. The van der Waals surface area contributed by atoms with Crippen molar-refractivity contribution < 1.29 is 65.6 Å². The maximum absolute atomic E-state index is 13.3. The molecule has 0 aliphatic carbocycles. The molecule has 334 valence electrons. The minimum absolute atomic E-state index is 0.0198. The molecule has 0 aliphatic rings. The fourth-order valence-electron chi connectivity index (χ4n) is 4.94. The lowest BCUT2D eigenvalue weighted by Gasteiger charge is -2.18. The van der Waals surface area contributed by atoms with Crippen molar-refractivity contribution in [2.45, 2.75) is 104 Å². The van der Waals surface area contributed by atoms with Crippen LogP contribution in [-0.2, 0) is 32.4 Å². The third-order valence-corrected chi connectivity index (χ3v) is 8.23. The first-order valence-electron chi connectivity index (χ1n) is 19.6. The smallest absolute Gasteiger partial charge is 0.349 e. The molecule has 3 amide bonds. The molecule has 0 radical (unpaired) electrons. The average Bonchev–Trinajstić information content (AvgIpc) is 3.25. The van der Waals surface area contributed by atoms with Gasteiger partial charge in [0.25, 0.3) is 5.91 Å². The number of carbonyl (C=O) groups is 4. The number of carbonyl (C=O) groups excluding carboxylic acids is 4. The number of esters is 1. The Morgan fingerprint density at radius 3 is 1.50 bits per heavy atom.